The predicted octanol–water partition coefficient (Wildman–Crippen LogP) is 2.15. The van der Waals surface area contributed by atoms with E-state index in [2.05, 4.69) is 18.3 Å². The fourth-order valence-corrected chi connectivity index (χ4v) is 1.29. The number of hydrogen-bond acceptors (Lipinski definition) is 1. The molecule has 1 rings (SSSR count). The van der Waals surface area contributed by atoms with Crippen molar-refractivity contribution in [3.8, 4) is 0 Å². The maximum absolute atomic E-state index is 11.4. The standard InChI is InChI=1S/C13H15NO.Y/c1-4-12(13(15)14-3)9-11-7-5-6-10(2)8-11;/h5-6,8-9H,1,4H2,2-3H3,(H,14,15);/q-2;/b12-9+;. The van der Waals surface area contributed by atoms with Crippen molar-refractivity contribution in [3.63, 3.8) is 0 Å². The van der Waals surface area contributed by atoms with Crippen molar-refractivity contribution in [2.45, 2.75) is 13.3 Å². The Morgan fingerprint density at radius 2 is 2.31 bits per heavy atom. The maximum atomic E-state index is 11.4. The fraction of sp³-hybridized carbons (Fsp3) is 0.231. The molecule has 1 aromatic rings. The van der Waals surface area contributed by atoms with Crippen LogP contribution < -0.4 is 5.32 Å². The monoisotopic (exact) mass is 290 g/mol. The van der Waals surface area contributed by atoms with Crippen LogP contribution in [-0.2, 0) is 37.5 Å². The molecule has 0 saturated heterocycles. The van der Waals surface area contributed by atoms with Crippen LogP contribution in [0, 0.1) is 19.9 Å². The zero-order valence-electron chi connectivity index (χ0n) is 9.71. The number of nitrogens with one attached hydrogen (secondary N) is 1. The van der Waals surface area contributed by atoms with Gasteiger partial charge in [0.05, 0.1) is 0 Å². The van der Waals surface area contributed by atoms with Gasteiger partial charge in [0.1, 0.15) is 0 Å². The van der Waals surface area contributed by atoms with E-state index in [-0.39, 0.29) is 38.6 Å². The van der Waals surface area contributed by atoms with Gasteiger partial charge in [0, 0.05) is 39.8 Å². The van der Waals surface area contributed by atoms with E-state index < -0.39 is 0 Å². The second-order valence-electron chi connectivity index (χ2n) is 3.32. The minimum Gasteiger partial charge on any atom is -0.356 e. The van der Waals surface area contributed by atoms with Crippen LogP contribution in [0.25, 0.3) is 6.08 Å². The Morgan fingerprint density at radius 3 is 2.81 bits per heavy atom. The minimum absolute atomic E-state index is 0. The summed E-state index contributed by atoms with van der Waals surface area (Å²) in [7, 11) is 1.62. The SMILES string of the molecule is [CH2-]C/C(=C\c1[c-]ccc(C)c1)C(=O)NC.[Y]. The number of hydrogen-bond donors (Lipinski definition) is 1. The Kier molecular flexibility index (Phi) is 7.52. The Morgan fingerprint density at radius 1 is 1.62 bits per heavy atom. The van der Waals surface area contributed by atoms with Crippen LogP contribution in [0.2, 0.25) is 0 Å². The number of amides is 1. The fourth-order valence-electron chi connectivity index (χ4n) is 1.29. The third-order valence-electron chi connectivity index (χ3n) is 2.10. The number of carbonyl (C=O) groups excluding carboxylic acids is 1. The summed E-state index contributed by atoms with van der Waals surface area (Å²) in [4.78, 5) is 11.4. The van der Waals surface area contributed by atoms with E-state index in [0.29, 0.717) is 12.0 Å². The van der Waals surface area contributed by atoms with Gasteiger partial charge in [-0.15, -0.1) is 41.5 Å². The minimum atomic E-state index is -0.0834. The molecule has 0 saturated carbocycles. The topological polar surface area (TPSA) is 29.1 Å². The van der Waals surface area contributed by atoms with E-state index in [9.17, 15) is 4.79 Å². The summed E-state index contributed by atoms with van der Waals surface area (Å²) in [6.45, 7) is 5.74. The number of carbonyl (C=O) groups is 1. The quantitative estimate of drug-likeness (QED) is 0.670. The van der Waals surface area contributed by atoms with Crippen LogP contribution in [-0.4, -0.2) is 13.0 Å². The molecule has 0 atom stereocenters. The Labute approximate surface area is 122 Å². The van der Waals surface area contributed by atoms with Crippen LogP contribution in [0.15, 0.2) is 23.8 Å². The molecule has 0 aliphatic carbocycles. The zero-order valence-corrected chi connectivity index (χ0v) is 12.5. The van der Waals surface area contributed by atoms with E-state index in [1.54, 1.807) is 7.05 Å². The van der Waals surface area contributed by atoms with E-state index in [0.717, 1.165) is 11.1 Å². The van der Waals surface area contributed by atoms with Crippen LogP contribution >= 0.6 is 0 Å². The Bertz CT molecular complexity index is 385. The zero-order chi connectivity index (χ0) is 11.3. The second kappa shape index (κ2) is 7.75. The van der Waals surface area contributed by atoms with Crippen molar-refractivity contribution >= 4 is 12.0 Å². The molecule has 1 amide bonds. The van der Waals surface area contributed by atoms with Crippen molar-refractivity contribution in [2.24, 2.45) is 0 Å². The van der Waals surface area contributed by atoms with Gasteiger partial charge in [-0.3, -0.25) is 4.79 Å². The summed E-state index contributed by atoms with van der Waals surface area (Å²) in [5.74, 6) is -0.0834. The number of likely N-dealkylation sites (N-methyl/N-ethyl adjacent to an activating group) is 1. The molecule has 83 valence electrons. The number of aryl methyl sites for hydroxylation is 1. The molecular weight excluding hydrogens is 275 g/mol. The van der Waals surface area contributed by atoms with Gasteiger partial charge in [-0.05, 0) is 0 Å². The number of benzene rings is 1. The van der Waals surface area contributed by atoms with Crippen LogP contribution in [0.4, 0.5) is 0 Å². The van der Waals surface area contributed by atoms with Gasteiger partial charge in [0.2, 0.25) is 5.91 Å². The maximum Gasteiger partial charge on any atom is 0.235 e. The average molecular weight is 290 g/mol. The first-order valence-electron chi connectivity index (χ1n) is 4.87. The molecule has 0 aliphatic heterocycles. The first-order chi connectivity index (χ1) is 7.17. The molecule has 16 heavy (non-hydrogen) atoms. The van der Waals surface area contributed by atoms with Gasteiger partial charge in [-0.2, -0.15) is 6.42 Å². The average Bonchev–Trinajstić information content (AvgIpc) is 2.25. The second-order valence-corrected chi connectivity index (χ2v) is 3.32. The molecule has 0 unspecified atom stereocenters. The molecule has 0 aliphatic rings. The first kappa shape index (κ1) is 15.5. The molecule has 0 bridgehead atoms. The third-order valence-corrected chi connectivity index (χ3v) is 2.10. The smallest absolute Gasteiger partial charge is 0.235 e. The molecule has 1 N–H and O–H groups in total. The Hall–Kier alpha value is -0.466. The summed E-state index contributed by atoms with van der Waals surface area (Å²) in [5, 5.41) is 2.59. The van der Waals surface area contributed by atoms with Crippen LogP contribution in [0.5, 0.6) is 0 Å². The van der Waals surface area contributed by atoms with E-state index in [1.165, 1.54) is 0 Å². The van der Waals surface area contributed by atoms with Crippen molar-refractivity contribution in [2.75, 3.05) is 7.05 Å². The molecule has 0 spiro atoms. The van der Waals surface area contributed by atoms with Gasteiger partial charge >= 0.3 is 0 Å². The number of rotatable bonds is 3. The van der Waals surface area contributed by atoms with Gasteiger partial charge in [-0.1, -0.05) is 12.5 Å². The van der Waals surface area contributed by atoms with Crippen molar-refractivity contribution in [1.29, 1.82) is 0 Å². The van der Waals surface area contributed by atoms with Crippen molar-refractivity contribution < 1.29 is 37.5 Å². The van der Waals surface area contributed by atoms with Crippen LogP contribution in [0.1, 0.15) is 17.5 Å². The largest absolute Gasteiger partial charge is 0.356 e. The van der Waals surface area contributed by atoms with Gasteiger partial charge in [0.25, 0.3) is 0 Å². The summed E-state index contributed by atoms with van der Waals surface area (Å²) in [5.41, 5.74) is 2.73. The van der Waals surface area contributed by atoms with Crippen molar-refractivity contribution in [3.05, 3.63) is 47.9 Å². The molecule has 0 aromatic heterocycles. The van der Waals surface area contributed by atoms with Crippen molar-refractivity contribution in [1.82, 2.24) is 5.32 Å². The third kappa shape index (κ3) is 4.59. The normalized spacial score (nSPS) is 10.6. The molecule has 2 nitrogen and oxygen atoms in total. The molecular formula is C13H15NOY-2. The summed E-state index contributed by atoms with van der Waals surface area (Å²) < 4.78 is 0. The van der Waals surface area contributed by atoms with E-state index >= 15 is 0 Å². The van der Waals surface area contributed by atoms with Crippen LogP contribution in [0.3, 0.4) is 0 Å². The van der Waals surface area contributed by atoms with E-state index in [4.69, 9.17) is 0 Å². The molecule has 0 fully saturated rings. The summed E-state index contributed by atoms with van der Waals surface area (Å²) in [6.07, 6.45) is 2.29. The molecule has 0 heterocycles. The predicted molar refractivity (Wildman–Crippen MR) is 62.0 cm³/mol. The molecule has 1 radical (unpaired) electrons. The van der Waals surface area contributed by atoms with Gasteiger partial charge in [-0.25, -0.2) is 0 Å². The van der Waals surface area contributed by atoms with Gasteiger partial charge in [0.15, 0.2) is 0 Å². The Balaban J connectivity index is 0.00000225. The first-order valence-corrected chi connectivity index (χ1v) is 4.87. The molecule has 1 aromatic carbocycles. The summed E-state index contributed by atoms with van der Waals surface area (Å²) in [6, 6.07) is 8.88. The molecule has 3 heteroatoms. The summed E-state index contributed by atoms with van der Waals surface area (Å²) >= 11 is 0. The van der Waals surface area contributed by atoms with E-state index in [1.807, 2.05) is 31.2 Å². The van der Waals surface area contributed by atoms with Gasteiger partial charge < -0.3 is 12.2 Å².